The number of carbonyl (C=O) groups excluding carboxylic acids is 1. The third kappa shape index (κ3) is 3.44. The Hall–Kier alpha value is -2.81. The topological polar surface area (TPSA) is 72.5 Å². The van der Waals surface area contributed by atoms with Crippen LogP contribution >= 0.6 is 0 Å². The van der Waals surface area contributed by atoms with Crippen LogP contribution < -0.4 is 24.4 Å². The van der Waals surface area contributed by atoms with Gasteiger partial charge in [-0.3, -0.25) is 9.69 Å². The summed E-state index contributed by atoms with van der Waals surface area (Å²) in [6, 6.07) is 11.9. The van der Waals surface area contributed by atoms with Gasteiger partial charge in [-0.05, 0) is 30.7 Å². The van der Waals surface area contributed by atoms with Gasteiger partial charge in [0.05, 0.1) is 13.2 Å². The Labute approximate surface area is 193 Å². The zero-order chi connectivity index (χ0) is 22.3. The summed E-state index contributed by atoms with van der Waals surface area (Å²) in [5.74, 6) is 2.13. The molecule has 0 radical (unpaired) electrons. The number of amides is 1. The fourth-order valence-electron chi connectivity index (χ4n) is 5.34. The number of carbonyl (C=O) groups is 1. The summed E-state index contributed by atoms with van der Waals surface area (Å²) >= 11 is 0. The number of nitrogens with zero attached hydrogens (tertiary/aromatic N) is 2. The van der Waals surface area contributed by atoms with Gasteiger partial charge in [0.25, 0.3) is 0 Å². The molecule has 6 rings (SSSR count). The van der Waals surface area contributed by atoms with Gasteiger partial charge < -0.3 is 29.2 Å². The summed E-state index contributed by atoms with van der Waals surface area (Å²) in [7, 11) is 0. The van der Waals surface area contributed by atoms with Crippen LogP contribution in [0.4, 0.5) is 5.69 Å². The van der Waals surface area contributed by atoms with E-state index in [9.17, 15) is 4.79 Å². The lowest BCUT2D eigenvalue weighted by atomic mass is 9.77. The van der Waals surface area contributed by atoms with E-state index < -0.39 is 5.41 Å². The predicted molar refractivity (Wildman–Crippen MR) is 122 cm³/mol. The fourth-order valence-corrected chi connectivity index (χ4v) is 5.34. The molecule has 1 N–H and O–H groups in total. The monoisotopic (exact) mass is 451 g/mol. The van der Waals surface area contributed by atoms with Crippen LogP contribution in [0.15, 0.2) is 36.4 Å². The molecule has 33 heavy (non-hydrogen) atoms. The number of morpholine rings is 1. The van der Waals surface area contributed by atoms with Crippen molar-refractivity contribution in [2.45, 2.75) is 11.8 Å². The minimum absolute atomic E-state index is 0.0784. The predicted octanol–water partition coefficient (Wildman–Crippen LogP) is 1.75. The van der Waals surface area contributed by atoms with Gasteiger partial charge in [-0.25, -0.2) is 0 Å². The average Bonchev–Trinajstić information content (AvgIpc) is 3.52. The number of nitrogens with one attached hydrogen (secondary N) is 1. The molecule has 2 aromatic rings. The van der Waals surface area contributed by atoms with E-state index in [0.29, 0.717) is 30.4 Å². The van der Waals surface area contributed by atoms with Gasteiger partial charge in [-0.1, -0.05) is 18.2 Å². The third-order valence-electron chi connectivity index (χ3n) is 7.09. The summed E-state index contributed by atoms with van der Waals surface area (Å²) in [4.78, 5) is 18.3. The molecule has 0 saturated carbocycles. The summed E-state index contributed by atoms with van der Waals surface area (Å²) in [5, 5.41) is 3.52. The van der Waals surface area contributed by atoms with Gasteiger partial charge in [-0.15, -0.1) is 0 Å². The van der Waals surface area contributed by atoms with Gasteiger partial charge in [0.1, 0.15) is 17.8 Å². The van der Waals surface area contributed by atoms with E-state index in [1.165, 1.54) is 0 Å². The Bertz CT molecular complexity index is 1050. The molecule has 174 valence electrons. The first-order valence-corrected chi connectivity index (χ1v) is 11.8. The lowest BCUT2D eigenvalue weighted by Gasteiger charge is -2.26. The van der Waals surface area contributed by atoms with Crippen LogP contribution in [-0.2, 0) is 14.9 Å². The third-order valence-corrected chi connectivity index (χ3v) is 7.09. The Balaban J connectivity index is 1.15. The highest BCUT2D eigenvalue weighted by Crippen LogP contribution is 2.54. The molecule has 1 fully saturated rings. The largest absolute Gasteiger partial charge is 0.491 e. The first-order valence-electron chi connectivity index (χ1n) is 11.8. The molecule has 8 heteroatoms. The maximum absolute atomic E-state index is 13.9. The SMILES string of the molecule is O=C1N(CCCNCCN2CCOCC2)c2ccccc2C12COc1cc3c(cc12)OCO3. The van der Waals surface area contributed by atoms with E-state index in [1.54, 1.807) is 0 Å². The van der Waals surface area contributed by atoms with Crippen LogP contribution in [0.5, 0.6) is 17.2 Å². The number of fused-ring (bicyclic) bond motifs is 5. The maximum Gasteiger partial charge on any atom is 0.245 e. The second-order valence-electron chi connectivity index (χ2n) is 8.93. The van der Waals surface area contributed by atoms with Crippen LogP contribution in [-0.4, -0.2) is 76.7 Å². The number of benzene rings is 2. The molecule has 1 atom stereocenters. The van der Waals surface area contributed by atoms with Crippen molar-refractivity contribution in [3.05, 3.63) is 47.5 Å². The van der Waals surface area contributed by atoms with Crippen molar-refractivity contribution in [3.63, 3.8) is 0 Å². The molecule has 0 bridgehead atoms. The van der Waals surface area contributed by atoms with E-state index >= 15 is 0 Å². The molecule has 1 unspecified atom stereocenters. The van der Waals surface area contributed by atoms with Gasteiger partial charge in [-0.2, -0.15) is 0 Å². The molecule has 1 spiro atoms. The van der Waals surface area contributed by atoms with Crippen LogP contribution in [0.1, 0.15) is 17.5 Å². The van der Waals surface area contributed by atoms with E-state index in [1.807, 2.05) is 35.2 Å². The van der Waals surface area contributed by atoms with Gasteiger partial charge >= 0.3 is 0 Å². The quantitative estimate of drug-likeness (QED) is 0.643. The highest BCUT2D eigenvalue weighted by molar-refractivity contribution is 6.11. The molecule has 1 saturated heterocycles. The van der Waals surface area contributed by atoms with Crippen molar-refractivity contribution in [2.75, 3.05) is 70.8 Å². The lowest BCUT2D eigenvalue weighted by molar-refractivity contribution is -0.122. The number of anilines is 1. The molecular formula is C25H29N3O5. The molecule has 4 heterocycles. The van der Waals surface area contributed by atoms with E-state index in [2.05, 4.69) is 16.3 Å². The number of ether oxygens (including phenoxy) is 4. The van der Waals surface area contributed by atoms with Crippen molar-refractivity contribution in [2.24, 2.45) is 0 Å². The summed E-state index contributed by atoms with van der Waals surface area (Å²) in [6.45, 7) is 7.68. The van der Waals surface area contributed by atoms with Gasteiger partial charge in [0, 0.05) is 50.0 Å². The van der Waals surface area contributed by atoms with E-state index in [-0.39, 0.29) is 12.7 Å². The van der Waals surface area contributed by atoms with Crippen molar-refractivity contribution in [3.8, 4) is 17.2 Å². The van der Waals surface area contributed by atoms with Crippen molar-refractivity contribution in [1.82, 2.24) is 10.2 Å². The van der Waals surface area contributed by atoms with Crippen LogP contribution in [0.25, 0.3) is 0 Å². The molecular weight excluding hydrogens is 422 g/mol. The number of hydrogen-bond donors (Lipinski definition) is 1. The Morgan fingerprint density at radius 2 is 1.73 bits per heavy atom. The number of rotatable bonds is 7. The zero-order valence-electron chi connectivity index (χ0n) is 18.7. The second-order valence-corrected chi connectivity index (χ2v) is 8.93. The van der Waals surface area contributed by atoms with Gasteiger partial charge in [0.15, 0.2) is 11.5 Å². The maximum atomic E-state index is 13.9. The van der Waals surface area contributed by atoms with Crippen LogP contribution in [0.2, 0.25) is 0 Å². The fraction of sp³-hybridized carbons (Fsp3) is 0.480. The lowest BCUT2D eigenvalue weighted by Crippen LogP contribution is -2.43. The highest BCUT2D eigenvalue weighted by Gasteiger charge is 2.57. The average molecular weight is 452 g/mol. The summed E-state index contributed by atoms with van der Waals surface area (Å²) < 4.78 is 22.5. The standard InChI is InChI=1S/C25H29N3O5/c29-24-25(16-31-21-15-23-22(14-19(21)25)32-17-33-23)18-4-1-2-5-20(18)28(24)8-3-6-26-7-9-27-10-12-30-13-11-27/h1-2,4-5,14-15,26H,3,6-13,16-17H2. The molecule has 0 aromatic heterocycles. The number of hydrogen-bond acceptors (Lipinski definition) is 7. The normalized spacial score (nSPS) is 23.2. The van der Waals surface area contributed by atoms with Crippen molar-refractivity contribution in [1.29, 1.82) is 0 Å². The van der Waals surface area contributed by atoms with Crippen molar-refractivity contribution >= 4 is 11.6 Å². The minimum Gasteiger partial charge on any atom is -0.491 e. The van der Waals surface area contributed by atoms with Crippen LogP contribution in [0.3, 0.4) is 0 Å². The first kappa shape index (κ1) is 20.8. The Morgan fingerprint density at radius 3 is 2.61 bits per heavy atom. The van der Waals surface area contributed by atoms with E-state index in [4.69, 9.17) is 18.9 Å². The molecule has 1 amide bonds. The zero-order valence-corrected chi connectivity index (χ0v) is 18.7. The Kier molecular flexibility index (Phi) is 5.36. The van der Waals surface area contributed by atoms with Crippen LogP contribution in [0, 0.1) is 0 Å². The summed E-state index contributed by atoms with van der Waals surface area (Å²) in [6.07, 6.45) is 0.883. The first-order chi connectivity index (χ1) is 16.3. The van der Waals surface area contributed by atoms with Gasteiger partial charge in [0.2, 0.25) is 12.7 Å². The molecule has 0 aliphatic carbocycles. The Morgan fingerprint density at radius 1 is 0.909 bits per heavy atom. The summed E-state index contributed by atoms with van der Waals surface area (Å²) in [5.41, 5.74) is 2.03. The minimum atomic E-state index is -0.823. The highest BCUT2D eigenvalue weighted by atomic mass is 16.7. The van der Waals surface area contributed by atoms with Crippen molar-refractivity contribution < 1.29 is 23.7 Å². The molecule has 4 aliphatic rings. The van der Waals surface area contributed by atoms with E-state index in [0.717, 1.165) is 69.2 Å². The molecule has 8 nitrogen and oxygen atoms in total. The number of para-hydroxylation sites is 1. The molecule has 4 aliphatic heterocycles. The molecule has 2 aromatic carbocycles. The smallest absolute Gasteiger partial charge is 0.245 e. The second kappa shape index (κ2) is 8.52.